The van der Waals surface area contributed by atoms with Crippen LogP contribution >= 0.6 is 0 Å². The minimum atomic E-state index is -0.342. The third kappa shape index (κ3) is 5.92. The number of unbranched alkanes of at least 4 members (excludes halogenated alkanes) is 2. The molecule has 1 N–H and O–H groups in total. The molecule has 0 spiro atoms. The Kier molecular flexibility index (Phi) is 7.68. The van der Waals surface area contributed by atoms with Gasteiger partial charge >= 0.3 is 5.97 Å². The average molecular weight is 355 g/mol. The van der Waals surface area contributed by atoms with Crippen LogP contribution in [0.5, 0.6) is 5.75 Å². The Balaban J connectivity index is 1.89. The first kappa shape index (κ1) is 19.5. The lowest BCUT2D eigenvalue weighted by atomic mass is 10.1. The van der Waals surface area contributed by atoms with Crippen LogP contribution < -0.4 is 10.1 Å². The molecule has 5 heteroatoms. The molecular formula is C21H25NO4. The summed E-state index contributed by atoms with van der Waals surface area (Å²) in [4.78, 5) is 24.2. The van der Waals surface area contributed by atoms with Crippen molar-refractivity contribution < 1.29 is 19.1 Å². The molecular weight excluding hydrogens is 330 g/mol. The highest BCUT2D eigenvalue weighted by atomic mass is 16.5. The minimum absolute atomic E-state index is 0.219. The predicted molar refractivity (Wildman–Crippen MR) is 102 cm³/mol. The van der Waals surface area contributed by atoms with Crippen LogP contribution in [-0.4, -0.2) is 25.1 Å². The number of esters is 1. The highest BCUT2D eigenvalue weighted by Crippen LogP contribution is 2.15. The smallest absolute Gasteiger partial charge is 0.338 e. The molecule has 26 heavy (non-hydrogen) atoms. The van der Waals surface area contributed by atoms with Crippen molar-refractivity contribution in [3.8, 4) is 5.75 Å². The molecule has 0 unspecified atom stereocenters. The molecule has 0 fully saturated rings. The number of hydrogen-bond acceptors (Lipinski definition) is 4. The molecule has 5 nitrogen and oxygen atoms in total. The van der Waals surface area contributed by atoms with Gasteiger partial charge in [0.25, 0.3) is 5.91 Å². The molecule has 0 aromatic heterocycles. The van der Waals surface area contributed by atoms with E-state index in [4.69, 9.17) is 9.47 Å². The highest BCUT2D eigenvalue weighted by Gasteiger charge is 2.09. The van der Waals surface area contributed by atoms with Crippen LogP contribution in [0.15, 0.2) is 48.5 Å². The molecule has 0 atom stereocenters. The zero-order chi connectivity index (χ0) is 18.8. The van der Waals surface area contributed by atoms with Gasteiger partial charge < -0.3 is 14.8 Å². The fourth-order valence-electron chi connectivity index (χ4n) is 2.36. The molecule has 0 saturated heterocycles. The van der Waals surface area contributed by atoms with E-state index in [0.717, 1.165) is 25.0 Å². The van der Waals surface area contributed by atoms with Crippen molar-refractivity contribution >= 4 is 17.6 Å². The summed E-state index contributed by atoms with van der Waals surface area (Å²) in [5.41, 5.74) is 1.62. The number of nitrogens with one attached hydrogen (secondary N) is 1. The summed E-state index contributed by atoms with van der Waals surface area (Å²) in [6.07, 6.45) is 3.00. The van der Waals surface area contributed by atoms with Crippen LogP contribution in [-0.2, 0) is 4.74 Å². The van der Waals surface area contributed by atoms with E-state index in [2.05, 4.69) is 12.2 Å². The van der Waals surface area contributed by atoms with Gasteiger partial charge in [-0.05, 0) is 61.9 Å². The summed E-state index contributed by atoms with van der Waals surface area (Å²) in [5, 5.41) is 2.80. The molecule has 2 aromatic carbocycles. The molecule has 0 aliphatic rings. The first-order chi connectivity index (χ1) is 12.6. The van der Waals surface area contributed by atoms with E-state index in [1.807, 2.05) is 6.92 Å². The largest absolute Gasteiger partial charge is 0.494 e. The fourth-order valence-corrected chi connectivity index (χ4v) is 2.36. The molecule has 0 radical (unpaired) electrons. The third-order valence-electron chi connectivity index (χ3n) is 3.79. The maximum atomic E-state index is 12.3. The maximum Gasteiger partial charge on any atom is 0.338 e. The second kappa shape index (κ2) is 10.2. The van der Waals surface area contributed by atoms with Crippen LogP contribution in [0.2, 0.25) is 0 Å². The molecule has 0 aliphatic heterocycles. The monoisotopic (exact) mass is 355 g/mol. The van der Waals surface area contributed by atoms with Crippen molar-refractivity contribution in [2.24, 2.45) is 0 Å². The van der Waals surface area contributed by atoms with Gasteiger partial charge in [0.1, 0.15) is 5.75 Å². The lowest BCUT2D eigenvalue weighted by Crippen LogP contribution is -2.12. The molecule has 0 saturated carbocycles. The zero-order valence-corrected chi connectivity index (χ0v) is 15.3. The van der Waals surface area contributed by atoms with Gasteiger partial charge in [-0.15, -0.1) is 0 Å². The summed E-state index contributed by atoms with van der Waals surface area (Å²) in [6, 6.07) is 13.6. The minimum Gasteiger partial charge on any atom is -0.494 e. The number of carbonyl (C=O) groups excluding carboxylic acids is 2. The van der Waals surface area contributed by atoms with Crippen LogP contribution in [0.25, 0.3) is 0 Å². The lowest BCUT2D eigenvalue weighted by molar-refractivity contribution is 0.0498. The number of amides is 1. The van der Waals surface area contributed by atoms with Crippen molar-refractivity contribution in [1.82, 2.24) is 0 Å². The average Bonchev–Trinajstić information content (AvgIpc) is 2.66. The maximum absolute atomic E-state index is 12.3. The molecule has 138 valence electrons. The van der Waals surface area contributed by atoms with E-state index >= 15 is 0 Å². The van der Waals surface area contributed by atoms with Crippen LogP contribution in [0.1, 0.15) is 53.8 Å². The SMILES string of the molecule is CCCCCOC(=O)c1ccc(NC(=O)c2ccc(OCC)cc2)cc1. The summed E-state index contributed by atoms with van der Waals surface area (Å²) in [6.45, 7) is 5.02. The third-order valence-corrected chi connectivity index (χ3v) is 3.79. The first-order valence-electron chi connectivity index (χ1n) is 8.95. The van der Waals surface area contributed by atoms with Gasteiger partial charge in [0, 0.05) is 11.3 Å². The Bertz CT molecular complexity index is 708. The molecule has 0 heterocycles. The second-order valence-corrected chi connectivity index (χ2v) is 5.83. The Labute approximate surface area is 154 Å². The predicted octanol–water partition coefficient (Wildman–Crippen LogP) is 4.68. The van der Waals surface area contributed by atoms with Gasteiger partial charge in [-0.3, -0.25) is 4.79 Å². The second-order valence-electron chi connectivity index (χ2n) is 5.83. The fraction of sp³-hybridized carbons (Fsp3) is 0.333. The number of hydrogen-bond donors (Lipinski definition) is 1. The first-order valence-corrected chi connectivity index (χ1v) is 8.95. The summed E-state index contributed by atoms with van der Waals surface area (Å²) >= 11 is 0. The molecule has 2 rings (SSSR count). The Morgan fingerprint density at radius 2 is 1.54 bits per heavy atom. The number of benzene rings is 2. The number of carbonyl (C=O) groups is 2. The summed E-state index contributed by atoms with van der Waals surface area (Å²) < 4.78 is 10.6. The topological polar surface area (TPSA) is 64.6 Å². The Morgan fingerprint density at radius 1 is 0.885 bits per heavy atom. The number of rotatable bonds is 9. The highest BCUT2D eigenvalue weighted by molar-refractivity contribution is 6.04. The van der Waals surface area contributed by atoms with Gasteiger partial charge in [-0.25, -0.2) is 4.79 Å². The van der Waals surface area contributed by atoms with Gasteiger partial charge in [0.05, 0.1) is 18.8 Å². The van der Waals surface area contributed by atoms with Crippen LogP contribution in [0.4, 0.5) is 5.69 Å². The van der Waals surface area contributed by atoms with Gasteiger partial charge in [0.15, 0.2) is 0 Å². The van der Waals surface area contributed by atoms with Crippen molar-refractivity contribution in [3.05, 3.63) is 59.7 Å². The molecule has 0 aliphatic carbocycles. The van der Waals surface area contributed by atoms with Crippen molar-refractivity contribution in [2.75, 3.05) is 18.5 Å². The Morgan fingerprint density at radius 3 is 2.15 bits per heavy atom. The van der Waals surface area contributed by atoms with Crippen molar-refractivity contribution in [3.63, 3.8) is 0 Å². The van der Waals surface area contributed by atoms with E-state index in [0.29, 0.717) is 30.0 Å². The van der Waals surface area contributed by atoms with Crippen LogP contribution in [0.3, 0.4) is 0 Å². The van der Waals surface area contributed by atoms with Gasteiger partial charge in [-0.1, -0.05) is 19.8 Å². The van der Waals surface area contributed by atoms with Gasteiger partial charge in [0.2, 0.25) is 0 Å². The van der Waals surface area contributed by atoms with E-state index in [-0.39, 0.29) is 11.9 Å². The molecule has 0 bridgehead atoms. The summed E-state index contributed by atoms with van der Waals surface area (Å²) in [7, 11) is 0. The standard InChI is InChI=1S/C21H25NO4/c1-3-5-6-15-26-21(24)17-7-11-18(12-8-17)22-20(23)16-9-13-19(14-10-16)25-4-2/h7-14H,3-6,15H2,1-2H3,(H,22,23). The lowest BCUT2D eigenvalue weighted by Gasteiger charge is -2.08. The van der Waals surface area contributed by atoms with Crippen LogP contribution in [0, 0.1) is 0 Å². The molecule has 2 aromatic rings. The molecule has 1 amide bonds. The normalized spacial score (nSPS) is 10.2. The van der Waals surface area contributed by atoms with Gasteiger partial charge in [-0.2, -0.15) is 0 Å². The Hall–Kier alpha value is -2.82. The quantitative estimate of drug-likeness (QED) is 0.524. The van der Waals surface area contributed by atoms with E-state index in [1.165, 1.54) is 0 Å². The number of anilines is 1. The summed E-state index contributed by atoms with van der Waals surface area (Å²) in [5.74, 6) is 0.166. The van der Waals surface area contributed by atoms with E-state index < -0.39 is 0 Å². The number of ether oxygens (including phenoxy) is 2. The van der Waals surface area contributed by atoms with E-state index in [9.17, 15) is 9.59 Å². The van der Waals surface area contributed by atoms with Crippen molar-refractivity contribution in [2.45, 2.75) is 33.1 Å². The zero-order valence-electron chi connectivity index (χ0n) is 15.3. The van der Waals surface area contributed by atoms with E-state index in [1.54, 1.807) is 48.5 Å². The van der Waals surface area contributed by atoms with Crippen molar-refractivity contribution in [1.29, 1.82) is 0 Å².